The first-order valence-corrected chi connectivity index (χ1v) is 3.03. The zero-order valence-electron chi connectivity index (χ0n) is 6.48. The molecule has 0 radical (unpaired) electrons. The molecule has 0 nitrogen and oxygen atoms in total. The predicted octanol–water partition coefficient (Wildman–Crippen LogP) is 3.75. The number of allylic oxidation sites excluding steroid dienone is 1. The second kappa shape index (κ2) is 3.80. The molecule has 0 rings (SSSR count). The van der Waals surface area contributed by atoms with Crippen LogP contribution in [0.2, 0.25) is 0 Å². The SMILES string of the molecule is FC(=C=CC(F)(F)F)C(F)(F)C(F)(F)F. The van der Waals surface area contributed by atoms with Crippen molar-refractivity contribution in [1.29, 1.82) is 0 Å². The molecule has 0 aromatic heterocycles. The molecule has 0 aromatic carbocycles. The van der Waals surface area contributed by atoms with Crippen LogP contribution in [0.3, 0.4) is 0 Å². The molecule has 0 spiro atoms. The summed E-state index contributed by atoms with van der Waals surface area (Å²) in [6, 6.07) is 0. The van der Waals surface area contributed by atoms with E-state index in [1.54, 1.807) is 0 Å². The topological polar surface area (TPSA) is 0 Å². The van der Waals surface area contributed by atoms with Gasteiger partial charge >= 0.3 is 18.3 Å². The van der Waals surface area contributed by atoms with Gasteiger partial charge in [0.05, 0.1) is 6.08 Å². The van der Waals surface area contributed by atoms with Crippen molar-refractivity contribution in [2.75, 3.05) is 0 Å². The van der Waals surface area contributed by atoms with Crippen LogP contribution in [0.5, 0.6) is 0 Å². The van der Waals surface area contributed by atoms with Crippen LogP contribution in [-0.4, -0.2) is 18.3 Å². The van der Waals surface area contributed by atoms with Crippen LogP contribution in [0.4, 0.5) is 39.5 Å². The van der Waals surface area contributed by atoms with Crippen LogP contribution in [0, 0.1) is 0 Å². The summed E-state index contributed by atoms with van der Waals surface area (Å²) in [4.78, 5) is 0. The first kappa shape index (κ1) is 13.9. The zero-order chi connectivity index (χ0) is 12.5. The highest BCUT2D eigenvalue weighted by molar-refractivity contribution is 5.08. The van der Waals surface area contributed by atoms with Crippen molar-refractivity contribution >= 4 is 0 Å². The molecule has 88 valence electrons. The lowest BCUT2D eigenvalue weighted by molar-refractivity contribution is -0.270. The van der Waals surface area contributed by atoms with E-state index in [0.717, 1.165) is 0 Å². The van der Waals surface area contributed by atoms with Gasteiger partial charge in [-0.05, 0) is 0 Å². The molecule has 0 heterocycles. The molecular formula is C6HF9. The summed E-state index contributed by atoms with van der Waals surface area (Å²) in [6.07, 6.45) is -12.7. The molecule has 0 aliphatic carbocycles. The third kappa shape index (κ3) is 3.86. The highest BCUT2D eigenvalue weighted by Gasteiger charge is 2.61. The molecule has 0 atom stereocenters. The summed E-state index contributed by atoms with van der Waals surface area (Å²) in [5, 5.41) is 0. The normalized spacial score (nSPS) is 13.4. The van der Waals surface area contributed by atoms with E-state index in [1.165, 1.54) is 0 Å². The fourth-order valence-corrected chi connectivity index (χ4v) is 0.360. The Morgan fingerprint density at radius 1 is 0.867 bits per heavy atom. The van der Waals surface area contributed by atoms with Gasteiger partial charge in [0.25, 0.3) is 0 Å². The third-order valence-corrected chi connectivity index (χ3v) is 0.994. The smallest absolute Gasteiger partial charge is 0.195 e. The molecule has 0 fully saturated rings. The summed E-state index contributed by atoms with van der Waals surface area (Å²) in [5.74, 6) is -9.32. The van der Waals surface area contributed by atoms with Gasteiger partial charge in [-0.2, -0.15) is 39.5 Å². The first-order chi connectivity index (χ1) is 6.38. The average Bonchev–Trinajstić information content (AvgIpc) is 1.96. The first-order valence-electron chi connectivity index (χ1n) is 3.03. The molecule has 0 aliphatic rings. The van der Waals surface area contributed by atoms with Crippen LogP contribution >= 0.6 is 0 Å². The number of hydrogen-bond acceptors (Lipinski definition) is 0. The van der Waals surface area contributed by atoms with Gasteiger partial charge in [-0.25, -0.2) is 0 Å². The fourth-order valence-electron chi connectivity index (χ4n) is 0.360. The van der Waals surface area contributed by atoms with Crippen LogP contribution in [0.25, 0.3) is 0 Å². The van der Waals surface area contributed by atoms with E-state index in [9.17, 15) is 39.5 Å². The maximum absolute atomic E-state index is 12.0. The number of alkyl halides is 8. The molecule has 0 unspecified atom stereocenters. The molecule has 0 aromatic rings. The molecule has 0 saturated carbocycles. The Kier molecular flexibility index (Phi) is 3.52. The van der Waals surface area contributed by atoms with Crippen LogP contribution in [-0.2, 0) is 0 Å². The Morgan fingerprint density at radius 3 is 1.53 bits per heavy atom. The van der Waals surface area contributed by atoms with Gasteiger partial charge in [0.2, 0.25) is 5.83 Å². The monoisotopic (exact) mass is 244 g/mol. The van der Waals surface area contributed by atoms with Gasteiger partial charge in [-0.3, -0.25) is 0 Å². The van der Waals surface area contributed by atoms with Crippen molar-refractivity contribution in [3.05, 3.63) is 17.6 Å². The van der Waals surface area contributed by atoms with Crippen LogP contribution in [0.15, 0.2) is 17.6 Å². The Morgan fingerprint density at radius 2 is 1.27 bits per heavy atom. The van der Waals surface area contributed by atoms with Crippen molar-refractivity contribution in [2.24, 2.45) is 0 Å². The van der Waals surface area contributed by atoms with Gasteiger partial charge in [0.15, 0.2) is 0 Å². The van der Waals surface area contributed by atoms with Gasteiger partial charge in [-0.1, -0.05) is 5.73 Å². The standard InChI is InChI=1S/C6HF9/c7-3(1-2-4(8,9)10)5(11,12)6(13,14)15/h2H. The third-order valence-electron chi connectivity index (χ3n) is 0.994. The summed E-state index contributed by atoms with van der Waals surface area (Å²) in [6.45, 7) is 0. The van der Waals surface area contributed by atoms with E-state index in [-0.39, 0.29) is 5.73 Å². The summed E-state index contributed by atoms with van der Waals surface area (Å²) < 4.78 is 104. The predicted molar refractivity (Wildman–Crippen MR) is 29.8 cm³/mol. The Hall–Kier alpha value is -1.11. The van der Waals surface area contributed by atoms with E-state index in [1.807, 2.05) is 0 Å². The van der Waals surface area contributed by atoms with E-state index >= 15 is 0 Å². The fraction of sp³-hybridized carbons (Fsp3) is 0.500. The molecule has 9 heteroatoms. The lowest BCUT2D eigenvalue weighted by Gasteiger charge is -2.15. The van der Waals surface area contributed by atoms with Crippen LogP contribution < -0.4 is 0 Å². The minimum absolute atomic E-state index is 0.199. The lowest BCUT2D eigenvalue weighted by atomic mass is 10.3. The Balaban J connectivity index is 5.19. The molecular weight excluding hydrogens is 243 g/mol. The Bertz CT molecular complexity index is 285. The van der Waals surface area contributed by atoms with Crippen molar-refractivity contribution < 1.29 is 39.5 Å². The highest BCUT2D eigenvalue weighted by atomic mass is 19.4. The highest BCUT2D eigenvalue weighted by Crippen LogP contribution is 2.41. The zero-order valence-corrected chi connectivity index (χ0v) is 6.48. The Labute approximate surface area is 76.7 Å². The quantitative estimate of drug-likeness (QED) is 0.486. The molecule has 0 amide bonds. The summed E-state index contributed by atoms with van der Waals surface area (Å²) in [5.41, 5.74) is 0.199. The molecule has 15 heavy (non-hydrogen) atoms. The van der Waals surface area contributed by atoms with Crippen molar-refractivity contribution in [2.45, 2.75) is 18.3 Å². The van der Waals surface area contributed by atoms with E-state index in [0.29, 0.717) is 0 Å². The summed E-state index contributed by atoms with van der Waals surface area (Å²) in [7, 11) is 0. The van der Waals surface area contributed by atoms with Gasteiger partial charge in [-0.15, -0.1) is 0 Å². The van der Waals surface area contributed by atoms with Crippen molar-refractivity contribution in [3.8, 4) is 0 Å². The minimum atomic E-state index is -6.30. The minimum Gasteiger partial charge on any atom is -0.195 e. The maximum atomic E-state index is 12.0. The molecule has 0 aliphatic heterocycles. The molecule has 0 bridgehead atoms. The van der Waals surface area contributed by atoms with Gasteiger partial charge < -0.3 is 0 Å². The van der Waals surface area contributed by atoms with E-state index in [4.69, 9.17) is 0 Å². The van der Waals surface area contributed by atoms with Crippen LogP contribution in [0.1, 0.15) is 0 Å². The number of rotatable bonds is 1. The number of hydrogen-bond donors (Lipinski definition) is 0. The average molecular weight is 244 g/mol. The molecule has 0 N–H and O–H groups in total. The maximum Gasteiger partial charge on any atom is 0.461 e. The number of halogens is 9. The van der Waals surface area contributed by atoms with E-state index in [2.05, 4.69) is 0 Å². The second-order valence-corrected chi connectivity index (χ2v) is 2.22. The summed E-state index contributed by atoms with van der Waals surface area (Å²) >= 11 is 0. The lowest BCUT2D eigenvalue weighted by Crippen LogP contribution is -2.36. The van der Waals surface area contributed by atoms with Gasteiger partial charge in [0, 0.05) is 0 Å². The van der Waals surface area contributed by atoms with Crippen molar-refractivity contribution in [1.82, 2.24) is 0 Å². The largest absolute Gasteiger partial charge is 0.461 e. The molecule has 0 saturated heterocycles. The second-order valence-electron chi connectivity index (χ2n) is 2.22. The van der Waals surface area contributed by atoms with E-state index < -0.39 is 30.2 Å². The van der Waals surface area contributed by atoms with Crippen molar-refractivity contribution in [3.63, 3.8) is 0 Å². The van der Waals surface area contributed by atoms with Gasteiger partial charge in [0.1, 0.15) is 0 Å².